The Bertz CT molecular complexity index is 603. The van der Waals surface area contributed by atoms with Crippen LogP contribution in [0.1, 0.15) is 45.6 Å². The van der Waals surface area contributed by atoms with E-state index in [9.17, 15) is 9.59 Å². The molecule has 1 fully saturated rings. The molecule has 0 bridgehead atoms. The number of ketones is 1. The molecule has 0 atom stereocenters. The van der Waals surface area contributed by atoms with Crippen LogP contribution in [0.15, 0.2) is 29.4 Å². The van der Waals surface area contributed by atoms with Gasteiger partial charge in [-0.15, -0.1) is 0 Å². The lowest BCUT2D eigenvalue weighted by Gasteiger charge is -2.28. The van der Waals surface area contributed by atoms with Gasteiger partial charge in [0.1, 0.15) is 11.5 Å². The third-order valence-corrected chi connectivity index (χ3v) is 3.80. The molecular weight excluding hydrogens is 292 g/mol. The molecule has 0 aromatic heterocycles. The summed E-state index contributed by atoms with van der Waals surface area (Å²) in [6, 6.07) is 7.65. The van der Waals surface area contributed by atoms with E-state index in [0.717, 1.165) is 18.6 Å². The van der Waals surface area contributed by atoms with Gasteiger partial charge in [-0.25, -0.2) is 5.43 Å². The van der Waals surface area contributed by atoms with Crippen LogP contribution in [-0.4, -0.2) is 24.0 Å². The van der Waals surface area contributed by atoms with Crippen molar-refractivity contribution >= 4 is 17.4 Å². The van der Waals surface area contributed by atoms with E-state index in [2.05, 4.69) is 17.5 Å². The van der Waals surface area contributed by atoms with E-state index in [1.54, 1.807) is 0 Å². The van der Waals surface area contributed by atoms with Gasteiger partial charge in [0.25, 0.3) is 5.91 Å². The van der Waals surface area contributed by atoms with Crippen molar-refractivity contribution < 1.29 is 14.3 Å². The minimum atomic E-state index is -0.326. The van der Waals surface area contributed by atoms with Gasteiger partial charge >= 0.3 is 0 Å². The van der Waals surface area contributed by atoms with Crippen LogP contribution < -0.4 is 10.2 Å². The number of aryl methyl sites for hydroxylation is 1. The molecule has 1 saturated carbocycles. The van der Waals surface area contributed by atoms with Crippen molar-refractivity contribution in [1.29, 1.82) is 0 Å². The zero-order valence-corrected chi connectivity index (χ0v) is 14.0. The Labute approximate surface area is 137 Å². The van der Waals surface area contributed by atoms with Crippen molar-refractivity contribution in [3.63, 3.8) is 0 Å². The Morgan fingerprint density at radius 3 is 2.57 bits per heavy atom. The normalized spacial score (nSPS) is 18.7. The first-order valence-corrected chi connectivity index (χ1v) is 7.96. The molecule has 1 aromatic rings. The summed E-state index contributed by atoms with van der Waals surface area (Å²) in [6.45, 7) is 6.05. The number of hydrogen-bond acceptors (Lipinski definition) is 4. The molecule has 124 valence electrons. The molecule has 0 radical (unpaired) electrons. The maximum atomic E-state index is 11.8. The summed E-state index contributed by atoms with van der Waals surface area (Å²) in [5.74, 6) is 0.494. The summed E-state index contributed by atoms with van der Waals surface area (Å²) >= 11 is 0. The maximum absolute atomic E-state index is 11.8. The smallest absolute Gasteiger partial charge is 0.277 e. The predicted octanol–water partition coefficient (Wildman–Crippen LogP) is 2.88. The predicted molar refractivity (Wildman–Crippen MR) is 89.5 cm³/mol. The summed E-state index contributed by atoms with van der Waals surface area (Å²) in [5, 5.41) is 4.09. The van der Waals surface area contributed by atoms with Crippen LogP contribution in [0, 0.1) is 5.41 Å². The van der Waals surface area contributed by atoms with Crippen LogP contribution in [0.5, 0.6) is 5.75 Å². The SMILES string of the molecule is CCc1ccc(OCC(=O)N/N=C2/CC(=O)CC(C)(C)C2)cc1. The van der Waals surface area contributed by atoms with Crippen LogP contribution in [0.25, 0.3) is 0 Å². The topological polar surface area (TPSA) is 67.8 Å². The molecule has 0 saturated heterocycles. The lowest BCUT2D eigenvalue weighted by molar-refractivity contribution is -0.123. The monoisotopic (exact) mass is 316 g/mol. The lowest BCUT2D eigenvalue weighted by atomic mass is 9.76. The Hall–Kier alpha value is -2.17. The van der Waals surface area contributed by atoms with Crippen LogP contribution in [0.4, 0.5) is 0 Å². The first-order chi connectivity index (χ1) is 10.9. The fraction of sp³-hybridized carbons (Fsp3) is 0.500. The minimum Gasteiger partial charge on any atom is -0.484 e. The maximum Gasteiger partial charge on any atom is 0.277 e. The molecule has 1 amide bonds. The van der Waals surface area contributed by atoms with E-state index in [0.29, 0.717) is 18.6 Å². The lowest BCUT2D eigenvalue weighted by Crippen LogP contribution is -2.32. The standard InChI is InChI=1S/C18H24N2O3/c1-4-13-5-7-16(8-6-13)23-12-17(22)20-19-14-9-15(21)11-18(2,3)10-14/h5-8H,4,9-12H2,1-3H3,(H,20,22)/b19-14-. The first-order valence-electron chi connectivity index (χ1n) is 7.96. The first kappa shape index (κ1) is 17.2. The van der Waals surface area contributed by atoms with Crippen molar-refractivity contribution in [1.82, 2.24) is 5.43 Å². The number of carbonyl (C=O) groups is 2. The van der Waals surface area contributed by atoms with Gasteiger partial charge in [0.2, 0.25) is 0 Å². The molecular formula is C18H24N2O3. The molecule has 0 aliphatic heterocycles. The summed E-state index contributed by atoms with van der Waals surface area (Å²) in [4.78, 5) is 23.5. The largest absolute Gasteiger partial charge is 0.484 e. The van der Waals surface area contributed by atoms with Crippen LogP contribution in [0.3, 0.4) is 0 Å². The highest BCUT2D eigenvalue weighted by molar-refractivity contribution is 6.05. The van der Waals surface area contributed by atoms with E-state index < -0.39 is 0 Å². The van der Waals surface area contributed by atoms with Gasteiger partial charge in [0.15, 0.2) is 6.61 Å². The quantitative estimate of drug-likeness (QED) is 0.849. The molecule has 5 heteroatoms. The van der Waals surface area contributed by atoms with E-state index in [1.165, 1.54) is 5.56 Å². The Kier molecular flexibility index (Phi) is 5.53. The molecule has 1 aliphatic rings. The third-order valence-electron chi connectivity index (χ3n) is 3.80. The Morgan fingerprint density at radius 2 is 1.96 bits per heavy atom. The van der Waals surface area contributed by atoms with Crippen LogP contribution in [0.2, 0.25) is 0 Å². The number of rotatable bonds is 5. The van der Waals surface area contributed by atoms with Gasteiger partial charge in [0.05, 0.1) is 0 Å². The van der Waals surface area contributed by atoms with Gasteiger partial charge in [0, 0.05) is 18.6 Å². The number of carbonyl (C=O) groups excluding carboxylic acids is 2. The van der Waals surface area contributed by atoms with E-state index >= 15 is 0 Å². The molecule has 2 rings (SSSR count). The number of benzene rings is 1. The van der Waals surface area contributed by atoms with Crippen molar-refractivity contribution in [2.75, 3.05) is 6.61 Å². The summed E-state index contributed by atoms with van der Waals surface area (Å²) in [6.07, 6.45) is 2.57. The molecule has 0 heterocycles. The number of ether oxygens (including phenoxy) is 1. The number of Topliss-reactive ketones (excluding diaryl/α,β-unsaturated/α-hetero) is 1. The fourth-order valence-electron chi connectivity index (χ4n) is 2.72. The molecule has 5 nitrogen and oxygen atoms in total. The van der Waals surface area contributed by atoms with Crippen LogP contribution in [-0.2, 0) is 16.0 Å². The highest BCUT2D eigenvalue weighted by Crippen LogP contribution is 2.31. The number of hydrogen-bond donors (Lipinski definition) is 1. The average molecular weight is 316 g/mol. The zero-order chi connectivity index (χ0) is 16.9. The number of nitrogens with zero attached hydrogens (tertiary/aromatic N) is 1. The number of nitrogens with one attached hydrogen (secondary N) is 1. The second-order valence-electron chi connectivity index (χ2n) is 6.73. The van der Waals surface area contributed by atoms with Gasteiger partial charge < -0.3 is 4.74 Å². The van der Waals surface area contributed by atoms with Crippen molar-refractivity contribution in [2.24, 2.45) is 10.5 Å². The molecule has 0 spiro atoms. The second-order valence-corrected chi connectivity index (χ2v) is 6.73. The van der Waals surface area contributed by atoms with Crippen molar-refractivity contribution in [3.8, 4) is 5.75 Å². The summed E-state index contributed by atoms with van der Waals surface area (Å²) in [5.41, 5.74) is 4.34. The molecule has 1 aliphatic carbocycles. The fourth-order valence-corrected chi connectivity index (χ4v) is 2.72. The Balaban J connectivity index is 1.82. The summed E-state index contributed by atoms with van der Waals surface area (Å²) < 4.78 is 5.42. The zero-order valence-electron chi connectivity index (χ0n) is 14.0. The highest BCUT2D eigenvalue weighted by atomic mass is 16.5. The van der Waals surface area contributed by atoms with Crippen LogP contribution >= 0.6 is 0 Å². The summed E-state index contributed by atoms with van der Waals surface area (Å²) in [7, 11) is 0. The van der Waals surface area contributed by atoms with E-state index in [1.807, 2.05) is 38.1 Å². The van der Waals surface area contributed by atoms with E-state index in [-0.39, 0.29) is 23.7 Å². The Morgan fingerprint density at radius 1 is 1.26 bits per heavy atom. The van der Waals surface area contributed by atoms with Gasteiger partial charge in [-0.1, -0.05) is 32.9 Å². The molecule has 0 unspecified atom stereocenters. The number of hydrazone groups is 1. The molecule has 23 heavy (non-hydrogen) atoms. The highest BCUT2D eigenvalue weighted by Gasteiger charge is 2.30. The average Bonchev–Trinajstić information content (AvgIpc) is 2.49. The van der Waals surface area contributed by atoms with Gasteiger partial charge in [-0.3, -0.25) is 9.59 Å². The van der Waals surface area contributed by atoms with Crippen molar-refractivity contribution in [2.45, 2.75) is 46.5 Å². The molecule has 1 N–H and O–H groups in total. The molecule has 1 aromatic carbocycles. The third kappa shape index (κ3) is 5.51. The van der Waals surface area contributed by atoms with E-state index in [4.69, 9.17) is 4.74 Å². The van der Waals surface area contributed by atoms with Gasteiger partial charge in [-0.2, -0.15) is 5.10 Å². The number of amides is 1. The second kappa shape index (κ2) is 7.40. The van der Waals surface area contributed by atoms with Gasteiger partial charge in [-0.05, 0) is 36.0 Å². The van der Waals surface area contributed by atoms with Crippen molar-refractivity contribution in [3.05, 3.63) is 29.8 Å². The minimum absolute atomic E-state index is 0.0869.